The van der Waals surface area contributed by atoms with Gasteiger partial charge in [-0.05, 0) is 18.8 Å². The molecule has 0 bridgehead atoms. The van der Waals surface area contributed by atoms with E-state index in [0.29, 0.717) is 6.04 Å². The van der Waals surface area contributed by atoms with Crippen LogP contribution in [0.15, 0.2) is 4.99 Å². The number of amidine groups is 1. The molecule has 3 nitrogen and oxygen atoms in total. The number of rotatable bonds is 3. The molecular weight excluding hydrogens is 208 g/mol. The average molecular weight is 228 g/mol. The molecule has 1 aliphatic heterocycles. The Morgan fingerprint density at radius 2 is 2.33 bits per heavy atom. The zero-order chi connectivity index (χ0) is 10.5. The molecule has 0 amide bonds. The first-order chi connectivity index (χ1) is 7.40. The molecule has 0 aromatic rings. The molecule has 4 heteroatoms. The van der Waals surface area contributed by atoms with Crippen molar-refractivity contribution in [3.8, 4) is 0 Å². The van der Waals surface area contributed by atoms with Crippen LogP contribution in [-0.2, 0) is 4.74 Å². The summed E-state index contributed by atoms with van der Waals surface area (Å²) in [7, 11) is 1.72. The van der Waals surface area contributed by atoms with Crippen molar-refractivity contribution in [2.24, 2.45) is 10.9 Å². The molecule has 1 saturated carbocycles. The van der Waals surface area contributed by atoms with Crippen LogP contribution in [0.4, 0.5) is 0 Å². The average Bonchev–Trinajstić information content (AvgIpc) is 2.29. The van der Waals surface area contributed by atoms with Crippen molar-refractivity contribution in [1.82, 2.24) is 5.32 Å². The van der Waals surface area contributed by atoms with Crippen LogP contribution in [0.5, 0.6) is 0 Å². The van der Waals surface area contributed by atoms with Gasteiger partial charge in [-0.15, -0.1) is 0 Å². The SMILES string of the molecule is COCCN=C1NC2CCCCC2CS1. The van der Waals surface area contributed by atoms with E-state index in [1.165, 1.54) is 31.4 Å². The summed E-state index contributed by atoms with van der Waals surface area (Å²) >= 11 is 1.88. The summed E-state index contributed by atoms with van der Waals surface area (Å²) in [6.45, 7) is 1.50. The molecule has 2 aliphatic rings. The van der Waals surface area contributed by atoms with Crippen LogP contribution in [0, 0.1) is 5.92 Å². The van der Waals surface area contributed by atoms with E-state index < -0.39 is 0 Å². The van der Waals surface area contributed by atoms with E-state index >= 15 is 0 Å². The Kier molecular flexibility index (Phi) is 4.32. The summed E-state index contributed by atoms with van der Waals surface area (Å²) in [5, 5.41) is 4.71. The number of ether oxygens (including phenoxy) is 1. The van der Waals surface area contributed by atoms with Gasteiger partial charge < -0.3 is 10.1 Å². The van der Waals surface area contributed by atoms with Gasteiger partial charge in [0.2, 0.25) is 0 Å². The van der Waals surface area contributed by atoms with Gasteiger partial charge in [-0.1, -0.05) is 24.6 Å². The van der Waals surface area contributed by atoms with Crippen LogP contribution < -0.4 is 5.32 Å². The minimum atomic E-state index is 0.696. The lowest BCUT2D eigenvalue weighted by Crippen LogP contribution is -2.46. The summed E-state index contributed by atoms with van der Waals surface area (Å²) in [6.07, 6.45) is 5.52. The third-order valence-electron chi connectivity index (χ3n) is 3.20. The molecule has 15 heavy (non-hydrogen) atoms. The number of nitrogens with zero attached hydrogens (tertiary/aromatic N) is 1. The molecule has 0 radical (unpaired) electrons. The lowest BCUT2D eigenvalue weighted by atomic mass is 9.86. The van der Waals surface area contributed by atoms with Crippen LogP contribution in [0.2, 0.25) is 0 Å². The zero-order valence-electron chi connectivity index (χ0n) is 9.37. The third kappa shape index (κ3) is 3.11. The largest absolute Gasteiger partial charge is 0.383 e. The first-order valence-corrected chi connectivity index (χ1v) is 6.81. The Morgan fingerprint density at radius 3 is 3.20 bits per heavy atom. The predicted molar refractivity (Wildman–Crippen MR) is 65.5 cm³/mol. The molecule has 1 saturated heterocycles. The Bertz CT molecular complexity index is 233. The van der Waals surface area contributed by atoms with Crippen molar-refractivity contribution in [2.45, 2.75) is 31.7 Å². The minimum absolute atomic E-state index is 0.696. The standard InChI is InChI=1S/C11H20N2OS/c1-14-7-6-12-11-13-10-5-3-2-4-9(10)8-15-11/h9-10H,2-8H2,1H3,(H,12,13). The quantitative estimate of drug-likeness (QED) is 0.749. The highest BCUT2D eigenvalue weighted by Crippen LogP contribution is 2.31. The molecule has 86 valence electrons. The number of hydrogen-bond donors (Lipinski definition) is 1. The second-order valence-corrected chi connectivity index (χ2v) is 5.29. The van der Waals surface area contributed by atoms with Crippen LogP contribution in [0.1, 0.15) is 25.7 Å². The molecule has 0 spiro atoms. The number of aliphatic imine (C=N–C) groups is 1. The normalized spacial score (nSPS) is 33.5. The monoisotopic (exact) mass is 228 g/mol. The fourth-order valence-electron chi connectivity index (χ4n) is 2.31. The van der Waals surface area contributed by atoms with E-state index in [4.69, 9.17) is 4.74 Å². The van der Waals surface area contributed by atoms with Gasteiger partial charge in [0.25, 0.3) is 0 Å². The second-order valence-electron chi connectivity index (χ2n) is 4.29. The van der Waals surface area contributed by atoms with Crippen LogP contribution in [-0.4, -0.2) is 37.2 Å². The fourth-order valence-corrected chi connectivity index (χ4v) is 3.50. The number of methoxy groups -OCH3 is 1. The summed E-state index contributed by atoms with van der Waals surface area (Å²) in [4.78, 5) is 4.51. The first kappa shape index (κ1) is 11.3. The first-order valence-electron chi connectivity index (χ1n) is 5.83. The van der Waals surface area contributed by atoms with Gasteiger partial charge in [0, 0.05) is 18.9 Å². The number of thioether (sulfide) groups is 1. The Hall–Kier alpha value is -0.220. The van der Waals surface area contributed by atoms with E-state index in [1.807, 2.05) is 11.8 Å². The van der Waals surface area contributed by atoms with Crippen molar-refractivity contribution in [1.29, 1.82) is 0 Å². The van der Waals surface area contributed by atoms with Crippen molar-refractivity contribution < 1.29 is 4.74 Å². The van der Waals surface area contributed by atoms with Crippen molar-refractivity contribution in [2.75, 3.05) is 26.0 Å². The predicted octanol–water partition coefficient (Wildman–Crippen LogP) is 1.88. The van der Waals surface area contributed by atoms with Crippen molar-refractivity contribution in [3.05, 3.63) is 0 Å². The fraction of sp³-hybridized carbons (Fsp3) is 0.909. The molecule has 1 heterocycles. The molecule has 0 aromatic carbocycles. The Labute approximate surface area is 96.1 Å². The van der Waals surface area contributed by atoms with E-state index in [9.17, 15) is 0 Å². The van der Waals surface area contributed by atoms with E-state index in [2.05, 4.69) is 10.3 Å². The molecular formula is C11H20N2OS. The van der Waals surface area contributed by atoms with E-state index in [-0.39, 0.29) is 0 Å². The maximum atomic E-state index is 5.00. The molecule has 1 aliphatic carbocycles. The maximum Gasteiger partial charge on any atom is 0.156 e. The van der Waals surface area contributed by atoms with Crippen LogP contribution >= 0.6 is 11.8 Å². The van der Waals surface area contributed by atoms with Crippen LogP contribution in [0.3, 0.4) is 0 Å². The second kappa shape index (κ2) is 5.75. The topological polar surface area (TPSA) is 33.6 Å². The molecule has 2 unspecified atom stereocenters. The van der Waals surface area contributed by atoms with Crippen LogP contribution in [0.25, 0.3) is 0 Å². The molecule has 2 atom stereocenters. The maximum absolute atomic E-state index is 5.00. The summed E-state index contributed by atoms with van der Waals surface area (Å²) < 4.78 is 5.00. The molecule has 1 N–H and O–H groups in total. The molecule has 2 fully saturated rings. The van der Waals surface area contributed by atoms with Crippen molar-refractivity contribution in [3.63, 3.8) is 0 Å². The van der Waals surface area contributed by atoms with Gasteiger partial charge >= 0.3 is 0 Å². The van der Waals surface area contributed by atoms with Gasteiger partial charge in [0.15, 0.2) is 5.17 Å². The third-order valence-corrected chi connectivity index (χ3v) is 4.32. The number of fused-ring (bicyclic) bond motifs is 1. The highest BCUT2D eigenvalue weighted by atomic mass is 32.2. The van der Waals surface area contributed by atoms with E-state index in [0.717, 1.165) is 24.2 Å². The highest BCUT2D eigenvalue weighted by Gasteiger charge is 2.29. The smallest absolute Gasteiger partial charge is 0.156 e. The molecule has 2 rings (SSSR count). The van der Waals surface area contributed by atoms with Gasteiger partial charge in [-0.2, -0.15) is 0 Å². The number of hydrogen-bond acceptors (Lipinski definition) is 3. The molecule has 0 aromatic heterocycles. The Balaban J connectivity index is 1.82. The van der Waals surface area contributed by atoms with Gasteiger partial charge in [0.1, 0.15) is 0 Å². The highest BCUT2D eigenvalue weighted by molar-refractivity contribution is 8.13. The summed E-state index contributed by atoms with van der Waals surface area (Å²) in [6, 6.07) is 0.696. The Morgan fingerprint density at radius 1 is 1.47 bits per heavy atom. The lowest BCUT2D eigenvalue weighted by Gasteiger charge is -2.36. The zero-order valence-corrected chi connectivity index (χ0v) is 10.2. The number of nitrogens with one attached hydrogen (secondary N) is 1. The van der Waals surface area contributed by atoms with E-state index in [1.54, 1.807) is 7.11 Å². The van der Waals surface area contributed by atoms with Gasteiger partial charge in [0.05, 0.1) is 13.2 Å². The summed E-state index contributed by atoms with van der Waals surface area (Å²) in [5.41, 5.74) is 0. The summed E-state index contributed by atoms with van der Waals surface area (Å²) in [5.74, 6) is 2.13. The lowest BCUT2D eigenvalue weighted by molar-refractivity contribution is 0.208. The minimum Gasteiger partial charge on any atom is -0.383 e. The van der Waals surface area contributed by atoms with Gasteiger partial charge in [-0.3, -0.25) is 4.99 Å². The van der Waals surface area contributed by atoms with Crippen molar-refractivity contribution >= 4 is 16.9 Å². The van der Waals surface area contributed by atoms with Gasteiger partial charge in [-0.25, -0.2) is 0 Å².